The van der Waals surface area contributed by atoms with E-state index in [1.165, 1.54) is 0 Å². The Morgan fingerprint density at radius 3 is 2.50 bits per heavy atom. The number of nitrogens with one attached hydrogen (secondary N) is 1. The van der Waals surface area contributed by atoms with Gasteiger partial charge in [0.1, 0.15) is 0 Å². The average Bonchev–Trinajstić information content (AvgIpc) is 2.33. The van der Waals surface area contributed by atoms with Gasteiger partial charge >= 0.3 is 0 Å². The lowest BCUT2D eigenvalue weighted by Gasteiger charge is -2.22. The quantitative estimate of drug-likeness (QED) is 0.670. The minimum atomic E-state index is -0.102. The first kappa shape index (κ1) is 10.0. The SMILES string of the molecule is CC(C)CC(O)C1CNCC1C. The van der Waals surface area contributed by atoms with Crippen molar-refractivity contribution in [1.29, 1.82) is 0 Å². The smallest absolute Gasteiger partial charge is 0.0586 e. The van der Waals surface area contributed by atoms with Gasteiger partial charge in [0.05, 0.1) is 6.10 Å². The molecule has 0 aromatic carbocycles. The van der Waals surface area contributed by atoms with Crippen molar-refractivity contribution < 1.29 is 5.11 Å². The largest absolute Gasteiger partial charge is 0.393 e. The Labute approximate surface area is 75.4 Å². The molecule has 1 heterocycles. The Kier molecular flexibility index (Phi) is 3.53. The normalized spacial score (nSPS) is 32.8. The average molecular weight is 171 g/mol. The van der Waals surface area contributed by atoms with Gasteiger partial charge in [-0.15, -0.1) is 0 Å². The van der Waals surface area contributed by atoms with Gasteiger partial charge in [0, 0.05) is 12.5 Å². The Balaban J connectivity index is 2.35. The van der Waals surface area contributed by atoms with Crippen LogP contribution in [0.15, 0.2) is 0 Å². The summed E-state index contributed by atoms with van der Waals surface area (Å²) in [6, 6.07) is 0. The number of aliphatic hydroxyl groups excluding tert-OH is 1. The molecule has 1 saturated heterocycles. The fourth-order valence-electron chi connectivity index (χ4n) is 2.00. The van der Waals surface area contributed by atoms with Crippen molar-refractivity contribution in [3.05, 3.63) is 0 Å². The first-order valence-electron chi connectivity index (χ1n) is 5.00. The van der Waals surface area contributed by atoms with Crippen molar-refractivity contribution in [2.24, 2.45) is 17.8 Å². The van der Waals surface area contributed by atoms with Crippen molar-refractivity contribution in [2.45, 2.75) is 33.3 Å². The van der Waals surface area contributed by atoms with E-state index in [0.29, 0.717) is 17.8 Å². The molecule has 0 aromatic rings. The molecular formula is C10H21NO. The third-order valence-corrected chi connectivity index (χ3v) is 2.78. The second-order valence-corrected chi connectivity index (χ2v) is 4.50. The van der Waals surface area contributed by atoms with Crippen molar-refractivity contribution in [3.63, 3.8) is 0 Å². The molecule has 0 bridgehead atoms. The van der Waals surface area contributed by atoms with Crippen LogP contribution in [0.4, 0.5) is 0 Å². The summed E-state index contributed by atoms with van der Waals surface area (Å²) in [5.74, 6) is 1.72. The predicted molar refractivity (Wildman–Crippen MR) is 51.0 cm³/mol. The van der Waals surface area contributed by atoms with Crippen LogP contribution in [0.2, 0.25) is 0 Å². The molecule has 72 valence electrons. The van der Waals surface area contributed by atoms with E-state index in [1.807, 2.05) is 0 Å². The summed E-state index contributed by atoms with van der Waals surface area (Å²) in [5.41, 5.74) is 0. The first-order chi connectivity index (χ1) is 5.61. The van der Waals surface area contributed by atoms with Gasteiger partial charge in [-0.25, -0.2) is 0 Å². The Hall–Kier alpha value is -0.0800. The monoisotopic (exact) mass is 171 g/mol. The molecule has 2 nitrogen and oxygen atoms in total. The molecule has 3 unspecified atom stereocenters. The number of hydrogen-bond acceptors (Lipinski definition) is 2. The highest BCUT2D eigenvalue weighted by Gasteiger charge is 2.29. The van der Waals surface area contributed by atoms with Crippen molar-refractivity contribution in [2.75, 3.05) is 13.1 Å². The Bertz CT molecular complexity index is 136. The van der Waals surface area contributed by atoms with E-state index in [1.54, 1.807) is 0 Å². The Morgan fingerprint density at radius 2 is 2.08 bits per heavy atom. The fraction of sp³-hybridized carbons (Fsp3) is 1.00. The summed E-state index contributed by atoms with van der Waals surface area (Å²) in [6.07, 6.45) is 0.839. The molecule has 1 fully saturated rings. The number of aliphatic hydroxyl groups is 1. The lowest BCUT2D eigenvalue weighted by Crippen LogP contribution is -2.27. The van der Waals surface area contributed by atoms with E-state index >= 15 is 0 Å². The third-order valence-electron chi connectivity index (χ3n) is 2.78. The molecule has 0 saturated carbocycles. The zero-order chi connectivity index (χ0) is 9.14. The van der Waals surface area contributed by atoms with Crippen LogP contribution >= 0.6 is 0 Å². The first-order valence-corrected chi connectivity index (χ1v) is 5.00. The molecule has 3 atom stereocenters. The molecule has 0 aromatic heterocycles. The lowest BCUT2D eigenvalue weighted by molar-refractivity contribution is 0.0780. The van der Waals surface area contributed by atoms with Crippen LogP contribution in [0.5, 0.6) is 0 Å². The minimum absolute atomic E-state index is 0.102. The van der Waals surface area contributed by atoms with E-state index in [-0.39, 0.29) is 6.10 Å². The Morgan fingerprint density at radius 1 is 1.42 bits per heavy atom. The van der Waals surface area contributed by atoms with Crippen molar-refractivity contribution in [1.82, 2.24) is 5.32 Å². The molecule has 0 aliphatic carbocycles. The minimum Gasteiger partial charge on any atom is -0.393 e. The van der Waals surface area contributed by atoms with Gasteiger partial charge in [-0.3, -0.25) is 0 Å². The van der Waals surface area contributed by atoms with Gasteiger partial charge in [-0.05, 0) is 24.8 Å². The summed E-state index contributed by atoms with van der Waals surface area (Å²) in [5, 5.41) is 13.2. The molecule has 2 N–H and O–H groups in total. The highest BCUT2D eigenvalue weighted by molar-refractivity contribution is 4.83. The van der Waals surface area contributed by atoms with Crippen LogP contribution in [0.1, 0.15) is 27.2 Å². The highest BCUT2D eigenvalue weighted by atomic mass is 16.3. The van der Waals surface area contributed by atoms with Gasteiger partial charge in [0.15, 0.2) is 0 Å². The molecule has 1 aliphatic heterocycles. The summed E-state index contributed by atoms with van der Waals surface area (Å²) >= 11 is 0. The second kappa shape index (κ2) is 4.24. The van der Waals surface area contributed by atoms with Gasteiger partial charge in [-0.2, -0.15) is 0 Å². The molecule has 0 amide bonds. The molecule has 12 heavy (non-hydrogen) atoms. The fourth-order valence-corrected chi connectivity index (χ4v) is 2.00. The maximum absolute atomic E-state index is 9.85. The predicted octanol–water partition coefficient (Wildman–Crippen LogP) is 1.25. The van der Waals surface area contributed by atoms with Crippen LogP contribution in [-0.4, -0.2) is 24.3 Å². The summed E-state index contributed by atoms with van der Waals surface area (Å²) in [4.78, 5) is 0. The topological polar surface area (TPSA) is 32.3 Å². The van der Waals surface area contributed by atoms with E-state index in [0.717, 1.165) is 19.5 Å². The van der Waals surface area contributed by atoms with Gasteiger partial charge in [0.2, 0.25) is 0 Å². The summed E-state index contributed by atoms with van der Waals surface area (Å²) < 4.78 is 0. The van der Waals surface area contributed by atoms with E-state index < -0.39 is 0 Å². The van der Waals surface area contributed by atoms with Crippen molar-refractivity contribution >= 4 is 0 Å². The van der Waals surface area contributed by atoms with Gasteiger partial charge in [0.25, 0.3) is 0 Å². The standard InChI is InChI=1S/C10H21NO/c1-7(2)4-10(12)9-6-11-5-8(9)3/h7-12H,4-6H2,1-3H3. The second-order valence-electron chi connectivity index (χ2n) is 4.50. The number of hydrogen-bond donors (Lipinski definition) is 2. The molecule has 1 rings (SSSR count). The molecule has 1 aliphatic rings. The number of rotatable bonds is 3. The maximum atomic E-state index is 9.85. The van der Waals surface area contributed by atoms with Crippen LogP contribution in [0.3, 0.4) is 0 Å². The summed E-state index contributed by atoms with van der Waals surface area (Å²) in [6.45, 7) is 8.61. The molecular weight excluding hydrogens is 150 g/mol. The van der Waals surface area contributed by atoms with Gasteiger partial charge in [-0.1, -0.05) is 20.8 Å². The molecule has 0 spiro atoms. The van der Waals surface area contributed by atoms with Gasteiger partial charge < -0.3 is 10.4 Å². The molecule has 2 heteroatoms. The van der Waals surface area contributed by atoms with E-state index in [9.17, 15) is 5.11 Å². The van der Waals surface area contributed by atoms with E-state index in [2.05, 4.69) is 26.1 Å². The van der Waals surface area contributed by atoms with E-state index in [4.69, 9.17) is 0 Å². The summed E-state index contributed by atoms with van der Waals surface area (Å²) in [7, 11) is 0. The van der Waals surface area contributed by atoms with Crippen LogP contribution < -0.4 is 5.32 Å². The van der Waals surface area contributed by atoms with Crippen LogP contribution in [0, 0.1) is 17.8 Å². The third kappa shape index (κ3) is 2.46. The molecule has 0 radical (unpaired) electrons. The highest BCUT2D eigenvalue weighted by Crippen LogP contribution is 2.23. The maximum Gasteiger partial charge on any atom is 0.0586 e. The van der Waals surface area contributed by atoms with Crippen molar-refractivity contribution in [3.8, 4) is 0 Å². The van der Waals surface area contributed by atoms with Crippen LogP contribution in [-0.2, 0) is 0 Å². The zero-order valence-corrected chi connectivity index (χ0v) is 8.38. The zero-order valence-electron chi connectivity index (χ0n) is 8.38. The lowest BCUT2D eigenvalue weighted by atomic mass is 9.88. The van der Waals surface area contributed by atoms with Crippen LogP contribution in [0.25, 0.3) is 0 Å².